The van der Waals surface area contributed by atoms with Crippen LogP contribution in [0, 0.1) is 11.8 Å². The number of amides is 3. The summed E-state index contributed by atoms with van der Waals surface area (Å²) in [6.45, 7) is 0.578. The van der Waals surface area contributed by atoms with Gasteiger partial charge in [-0.25, -0.2) is 4.79 Å². The highest BCUT2D eigenvalue weighted by Gasteiger charge is 2.33. The van der Waals surface area contributed by atoms with Gasteiger partial charge in [-0.1, -0.05) is 19.3 Å². The van der Waals surface area contributed by atoms with Crippen molar-refractivity contribution in [2.45, 2.75) is 57.0 Å². The molecule has 24 heavy (non-hydrogen) atoms. The molecule has 1 aliphatic heterocycles. The van der Waals surface area contributed by atoms with Gasteiger partial charge in [0, 0.05) is 12.5 Å². The fourth-order valence-corrected chi connectivity index (χ4v) is 3.60. The van der Waals surface area contributed by atoms with Crippen molar-refractivity contribution in [1.29, 1.82) is 0 Å². The number of aldehydes is 1. The quantitative estimate of drug-likeness (QED) is 0.500. The predicted octanol–water partition coefficient (Wildman–Crippen LogP) is 0.413. The van der Waals surface area contributed by atoms with Gasteiger partial charge in [0.15, 0.2) is 0 Å². The normalized spacial score (nSPS) is 23.8. The molecule has 0 bridgehead atoms. The van der Waals surface area contributed by atoms with Gasteiger partial charge in [-0.2, -0.15) is 0 Å². The number of nitrogens with one attached hydrogen (secondary N) is 3. The van der Waals surface area contributed by atoms with Crippen molar-refractivity contribution in [3.63, 3.8) is 0 Å². The fraction of sp³-hybridized carbons (Fsp3) is 0.750. The number of rotatable bonds is 7. The third kappa shape index (κ3) is 4.94. The van der Waals surface area contributed by atoms with E-state index in [1.807, 2.05) is 0 Å². The minimum absolute atomic E-state index is 0.0584. The van der Waals surface area contributed by atoms with Crippen LogP contribution in [0.2, 0.25) is 0 Å². The first kappa shape index (κ1) is 18.2. The van der Waals surface area contributed by atoms with Crippen LogP contribution in [0.15, 0.2) is 0 Å². The van der Waals surface area contributed by atoms with Crippen molar-refractivity contribution in [3.05, 3.63) is 0 Å². The number of hydrogen-bond donors (Lipinski definition) is 4. The zero-order valence-corrected chi connectivity index (χ0v) is 13.6. The molecule has 2 aliphatic rings. The van der Waals surface area contributed by atoms with Gasteiger partial charge in [0.2, 0.25) is 11.8 Å². The van der Waals surface area contributed by atoms with E-state index >= 15 is 0 Å². The number of carbonyl (C=O) groups is 4. The molecule has 134 valence electrons. The lowest BCUT2D eigenvalue weighted by atomic mass is 9.83. The molecule has 3 atom stereocenters. The average molecular weight is 339 g/mol. The van der Waals surface area contributed by atoms with E-state index in [1.165, 1.54) is 0 Å². The second-order valence-corrected chi connectivity index (χ2v) is 6.59. The SMILES string of the molecule is O=CC(C[C@@H]1CCNC1=O)NC(=O)C(NC(=O)O)C1CCCCC1. The molecule has 2 fully saturated rings. The summed E-state index contributed by atoms with van der Waals surface area (Å²) in [6.07, 6.45) is 4.84. The Balaban J connectivity index is 1.97. The van der Waals surface area contributed by atoms with Crippen molar-refractivity contribution in [2.75, 3.05) is 6.54 Å². The van der Waals surface area contributed by atoms with E-state index < -0.39 is 24.1 Å². The lowest BCUT2D eigenvalue weighted by Crippen LogP contribution is -2.53. The Kier molecular flexibility index (Phi) is 6.57. The van der Waals surface area contributed by atoms with E-state index in [9.17, 15) is 19.2 Å². The first-order valence-corrected chi connectivity index (χ1v) is 8.54. The van der Waals surface area contributed by atoms with Gasteiger partial charge in [-0.05, 0) is 31.6 Å². The molecule has 2 rings (SSSR count). The van der Waals surface area contributed by atoms with Crippen LogP contribution in [-0.2, 0) is 14.4 Å². The Hall–Kier alpha value is -2.12. The number of carboxylic acid groups (broad SMARTS) is 1. The summed E-state index contributed by atoms with van der Waals surface area (Å²) >= 11 is 0. The Morgan fingerprint density at radius 3 is 2.46 bits per heavy atom. The van der Waals surface area contributed by atoms with Gasteiger partial charge in [0.1, 0.15) is 12.3 Å². The minimum atomic E-state index is -1.25. The van der Waals surface area contributed by atoms with E-state index in [4.69, 9.17) is 5.11 Å². The topological polar surface area (TPSA) is 125 Å². The van der Waals surface area contributed by atoms with Crippen LogP contribution in [0.25, 0.3) is 0 Å². The Morgan fingerprint density at radius 1 is 1.21 bits per heavy atom. The maximum absolute atomic E-state index is 12.5. The second-order valence-electron chi connectivity index (χ2n) is 6.59. The zero-order chi connectivity index (χ0) is 17.5. The summed E-state index contributed by atoms with van der Waals surface area (Å²) in [5.74, 6) is -0.943. The van der Waals surface area contributed by atoms with E-state index in [2.05, 4.69) is 16.0 Å². The summed E-state index contributed by atoms with van der Waals surface area (Å²) < 4.78 is 0. The van der Waals surface area contributed by atoms with Crippen LogP contribution < -0.4 is 16.0 Å². The van der Waals surface area contributed by atoms with Gasteiger partial charge in [0.25, 0.3) is 0 Å². The van der Waals surface area contributed by atoms with Crippen LogP contribution in [0.1, 0.15) is 44.9 Å². The van der Waals surface area contributed by atoms with Crippen LogP contribution in [0.3, 0.4) is 0 Å². The molecule has 1 heterocycles. The maximum Gasteiger partial charge on any atom is 0.405 e. The molecular formula is C16H25N3O5. The predicted molar refractivity (Wildman–Crippen MR) is 85.3 cm³/mol. The van der Waals surface area contributed by atoms with E-state index in [0.29, 0.717) is 19.3 Å². The highest BCUT2D eigenvalue weighted by molar-refractivity contribution is 5.88. The molecule has 1 aliphatic carbocycles. The molecule has 0 aromatic rings. The van der Waals surface area contributed by atoms with E-state index in [1.54, 1.807) is 0 Å². The van der Waals surface area contributed by atoms with Crippen LogP contribution >= 0.6 is 0 Å². The Labute approximate surface area is 140 Å². The summed E-state index contributed by atoms with van der Waals surface area (Å²) in [6, 6.07) is -1.64. The highest BCUT2D eigenvalue weighted by atomic mass is 16.4. The molecule has 0 aromatic heterocycles. The standard InChI is InChI=1S/C16H25N3O5/c20-9-12(8-11-6-7-17-14(11)21)18-15(22)13(19-16(23)24)10-4-2-1-3-5-10/h9-13,19H,1-8H2,(H,17,21)(H,18,22)(H,23,24)/t11-,12?,13?/m0/s1. The van der Waals surface area contributed by atoms with Gasteiger partial charge in [0.05, 0.1) is 6.04 Å². The Bertz CT molecular complexity index is 490. The van der Waals surface area contributed by atoms with Crippen molar-refractivity contribution in [2.24, 2.45) is 11.8 Å². The highest BCUT2D eigenvalue weighted by Crippen LogP contribution is 2.27. The van der Waals surface area contributed by atoms with Crippen LogP contribution in [0.5, 0.6) is 0 Å². The first-order chi connectivity index (χ1) is 11.5. The van der Waals surface area contributed by atoms with Crippen molar-refractivity contribution >= 4 is 24.2 Å². The number of hydrogen-bond acceptors (Lipinski definition) is 4. The summed E-state index contributed by atoms with van der Waals surface area (Å²) in [7, 11) is 0. The van der Waals surface area contributed by atoms with Crippen molar-refractivity contribution in [3.8, 4) is 0 Å². The minimum Gasteiger partial charge on any atom is -0.465 e. The summed E-state index contributed by atoms with van der Waals surface area (Å²) in [5, 5.41) is 16.6. The van der Waals surface area contributed by atoms with E-state index in [-0.39, 0.29) is 24.2 Å². The van der Waals surface area contributed by atoms with E-state index in [0.717, 1.165) is 32.1 Å². The average Bonchev–Trinajstić information content (AvgIpc) is 2.97. The largest absolute Gasteiger partial charge is 0.465 e. The molecule has 4 N–H and O–H groups in total. The molecular weight excluding hydrogens is 314 g/mol. The molecule has 8 heteroatoms. The molecule has 0 aromatic carbocycles. The van der Waals surface area contributed by atoms with Crippen LogP contribution in [0.4, 0.5) is 4.79 Å². The fourth-order valence-electron chi connectivity index (χ4n) is 3.60. The third-order valence-electron chi connectivity index (χ3n) is 4.88. The van der Waals surface area contributed by atoms with Gasteiger partial charge in [-0.15, -0.1) is 0 Å². The summed E-state index contributed by atoms with van der Waals surface area (Å²) in [4.78, 5) is 46.4. The van der Waals surface area contributed by atoms with Gasteiger partial charge < -0.3 is 25.9 Å². The maximum atomic E-state index is 12.5. The van der Waals surface area contributed by atoms with Gasteiger partial charge >= 0.3 is 6.09 Å². The van der Waals surface area contributed by atoms with Crippen LogP contribution in [-0.4, -0.2) is 47.9 Å². The monoisotopic (exact) mass is 339 g/mol. The molecule has 1 saturated carbocycles. The Morgan fingerprint density at radius 2 is 1.92 bits per heavy atom. The lowest BCUT2D eigenvalue weighted by Gasteiger charge is -2.30. The second kappa shape index (κ2) is 8.65. The molecule has 8 nitrogen and oxygen atoms in total. The molecule has 1 saturated heterocycles. The summed E-state index contributed by atoms with van der Waals surface area (Å²) in [5.41, 5.74) is 0. The molecule has 0 radical (unpaired) electrons. The third-order valence-corrected chi connectivity index (χ3v) is 4.88. The zero-order valence-electron chi connectivity index (χ0n) is 13.6. The molecule has 0 spiro atoms. The lowest BCUT2D eigenvalue weighted by molar-refractivity contribution is -0.128. The molecule has 2 unspecified atom stereocenters. The van der Waals surface area contributed by atoms with Crippen molar-refractivity contribution < 1.29 is 24.3 Å². The number of carbonyl (C=O) groups excluding carboxylic acids is 3. The molecule has 3 amide bonds. The smallest absolute Gasteiger partial charge is 0.405 e. The van der Waals surface area contributed by atoms with Gasteiger partial charge in [-0.3, -0.25) is 9.59 Å². The first-order valence-electron chi connectivity index (χ1n) is 8.54. The van der Waals surface area contributed by atoms with Crippen molar-refractivity contribution in [1.82, 2.24) is 16.0 Å².